The van der Waals surface area contributed by atoms with Crippen LogP contribution in [0.25, 0.3) is 76.9 Å². The first-order valence-electron chi connectivity index (χ1n) is 14.1. The molecule has 0 aliphatic rings. The number of hydrogen-bond donors (Lipinski definition) is 5. The average Bonchev–Trinajstić information content (AvgIpc) is 3.43. The third-order valence-electron chi connectivity index (χ3n) is 8.41. The van der Waals surface area contributed by atoms with E-state index < -0.39 is 28.7 Å². The Morgan fingerprint density at radius 2 is 0.795 bits per heavy atom. The number of hydrogen-bond acceptors (Lipinski definition) is 6. The van der Waals surface area contributed by atoms with Crippen molar-refractivity contribution in [2.45, 2.75) is 0 Å². The smallest absolute Gasteiger partial charge is 0.208 e. The van der Waals surface area contributed by atoms with Crippen molar-refractivity contribution in [1.29, 1.82) is 0 Å². The molecule has 0 saturated carbocycles. The maximum Gasteiger partial charge on any atom is 0.208 e. The normalized spacial score (nSPS) is 11.6. The predicted octanol–water partition coefficient (Wildman–Crippen LogP) is 9.42. The average molecular weight is 577 g/mol. The van der Waals surface area contributed by atoms with E-state index in [1.54, 1.807) is 6.07 Å². The van der Waals surface area contributed by atoms with E-state index in [2.05, 4.69) is 36.4 Å². The van der Waals surface area contributed by atoms with Crippen LogP contribution in [0.3, 0.4) is 0 Å². The Morgan fingerprint density at radius 1 is 0.318 bits per heavy atom. The van der Waals surface area contributed by atoms with Gasteiger partial charge >= 0.3 is 0 Å². The Morgan fingerprint density at radius 3 is 1.48 bits per heavy atom. The molecule has 7 aromatic carbocycles. The third kappa shape index (κ3) is 3.61. The molecule has 212 valence electrons. The zero-order valence-corrected chi connectivity index (χ0v) is 23.1. The second-order valence-corrected chi connectivity index (χ2v) is 10.8. The largest absolute Gasteiger partial charge is 0.504 e. The molecule has 0 aliphatic heterocycles. The van der Waals surface area contributed by atoms with Gasteiger partial charge in [0.15, 0.2) is 11.5 Å². The molecule has 0 atom stereocenters. The Labute approximate surface area is 250 Å². The van der Waals surface area contributed by atoms with Crippen molar-refractivity contribution in [2.24, 2.45) is 0 Å². The minimum Gasteiger partial charge on any atom is -0.504 e. The van der Waals surface area contributed by atoms with E-state index in [0.29, 0.717) is 5.56 Å². The number of para-hydroxylation sites is 1. The first-order valence-corrected chi connectivity index (χ1v) is 14.1. The molecule has 0 bridgehead atoms. The van der Waals surface area contributed by atoms with Crippen LogP contribution in [-0.4, -0.2) is 25.5 Å². The number of aromatic hydroxyl groups is 5. The van der Waals surface area contributed by atoms with Crippen molar-refractivity contribution < 1.29 is 29.9 Å². The highest BCUT2D eigenvalue weighted by Crippen LogP contribution is 2.55. The van der Waals surface area contributed by atoms with E-state index >= 15 is 0 Å². The lowest BCUT2D eigenvalue weighted by molar-refractivity contribution is 0.330. The van der Waals surface area contributed by atoms with Crippen LogP contribution < -0.4 is 0 Å². The van der Waals surface area contributed by atoms with Gasteiger partial charge in [-0.05, 0) is 73.6 Å². The van der Waals surface area contributed by atoms with Gasteiger partial charge in [0.05, 0.1) is 5.56 Å². The van der Waals surface area contributed by atoms with Gasteiger partial charge in [0, 0.05) is 10.8 Å². The molecule has 1 heterocycles. The first-order chi connectivity index (χ1) is 21.4. The summed E-state index contributed by atoms with van der Waals surface area (Å²) in [5, 5.41) is 58.0. The van der Waals surface area contributed by atoms with Crippen LogP contribution in [0.4, 0.5) is 0 Å². The molecule has 0 radical (unpaired) electrons. The fraction of sp³-hybridized carbons (Fsp3) is 0. The summed E-state index contributed by atoms with van der Waals surface area (Å²) < 4.78 is 6.25. The fourth-order valence-corrected chi connectivity index (χ4v) is 6.40. The summed E-state index contributed by atoms with van der Waals surface area (Å²) in [5.41, 5.74) is 5.52. The molecule has 0 fully saturated rings. The quantitative estimate of drug-likeness (QED) is 0.0813. The van der Waals surface area contributed by atoms with Gasteiger partial charge in [-0.15, -0.1) is 0 Å². The maximum atomic E-state index is 10.8. The van der Waals surface area contributed by atoms with Gasteiger partial charge in [-0.25, -0.2) is 0 Å². The highest BCUT2D eigenvalue weighted by molar-refractivity contribution is 6.22. The summed E-state index contributed by atoms with van der Waals surface area (Å²) in [6.45, 7) is 0. The maximum absolute atomic E-state index is 10.8. The van der Waals surface area contributed by atoms with Gasteiger partial charge in [0.2, 0.25) is 17.2 Å². The minimum atomic E-state index is -0.998. The lowest BCUT2D eigenvalue weighted by Crippen LogP contribution is -1.92. The molecular formula is C38H24O6. The van der Waals surface area contributed by atoms with Crippen LogP contribution in [0.5, 0.6) is 28.7 Å². The Hall–Kier alpha value is -6.14. The number of fused-ring (bicyclic) bond motifs is 5. The van der Waals surface area contributed by atoms with Crippen LogP contribution in [0.2, 0.25) is 0 Å². The van der Waals surface area contributed by atoms with Crippen molar-refractivity contribution in [3.05, 3.63) is 115 Å². The molecule has 0 spiro atoms. The van der Waals surface area contributed by atoms with Crippen LogP contribution in [0.1, 0.15) is 0 Å². The molecule has 0 amide bonds. The van der Waals surface area contributed by atoms with Crippen molar-refractivity contribution in [1.82, 2.24) is 0 Å². The Bertz CT molecular complexity index is 2410. The molecule has 5 N–H and O–H groups in total. The van der Waals surface area contributed by atoms with E-state index in [4.69, 9.17) is 4.42 Å². The number of furan rings is 1. The molecule has 8 rings (SSSR count). The molecular weight excluding hydrogens is 552 g/mol. The highest BCUT2D eigenvalue weighted by Gasteiger charge is 2.25. The summed E-state index contributed by atoms with van der Waals surface area (Å²) in [6, 6.07) is 37.7. The van der Waals surface area contributed by atoms with E-state index in [1.807, 2.05) is 72.8 Å². The van der Waals surface area contributed by atoms with Crippen LogP contribution in [-0.2, 0) is 0 Å². The van der Waals surface area contributed by atoms with Gasteiger partial charge < -0.3 is 29.9 Å². The molecule has 44 heavy (non-hydrogen) atoms. The SMILES string of the molecule is Oc1c(O)c(O)c(-c2ccc3c(-c4ccccc4)c4ccccc4c(-c4ccc5c(c4)oc4ccccc45)c3c2)c(O)c1O. The number of phenols is 5. The van der Waals surface area contributed by atoms with Crippen LogP contribution >= 0.6 is 0 Å². The molecule has 0 aliphatic carbocycles. The second-order valence-electron chi connectivity index (χ2n) is 10.8. The Kier molecular flexibility index (Phi) is 5.48. The monoisotopic (exact) mass is 576 g/mol. The van der Waals surface area contributed by atoms with E-state index in [9.17, 15) is 25.5 Å². The topological polar surface area (TPSA) is 114 Å². The number of rotatable bonds is 3. The van der Waals surface area contributed by atoms with Crippen molar-refractivity contribution in [2.75, 3.05) is 0 Å². The van der Waals surface area contributed by atoms with Gasteiger partial charge in [-0.3, -0.25) is 0 Å². The number of benzene rings is 7. The van der Waals surface area contributed by atoms with E-state index in [0.717, 1.165) is 65.7 Å². The zero-order chi connectivity index (χ0) is 30.1. The van der Waals surface area contributed by atoms with Crippen molar-refractivity contribution in [3.63, 3.8) is 0 Å². The highest BCUT2D eigenvalue weighted by atomic mass is 16.4. The molecule has 1 aromatic heterocycles. The van der Waals surface area contributed by atoms with Crippen LogP contribution in [0.15, 0.2) is 120 Å². The van der Waals surface area contributed by atoms with Crippen molar-refractivity contribution >= 4 is 43.5 Å². The Balaban J connectivity index is 1.52. The molecule has 6 heteroatoms. The van der Waals surface area contributed by atoms with Crippen LogP contribution in [0, 0.1) is 0 Å². The van der Waals surface area contributed by atoms with Gasteiger partial charge in [-0.2, -0.15) is 0 Å². The summed E-state index contributed by atoms with van der Waals surface area (Å²) in [5.74, 6) is -4.33. The third-order valence-corrected chi connectivity index (χ3v) is 8.41. The summed E-state index contributed by atoms with van der Waals surface area (Å²) in [7, 11) is 0. The van der Waals surface area contributed by atoms with Crippen molar-refractivity contribution in [3.8, 4) is 62.1 Å². The predicted molar refractivity (Wildman–Crippen MR) is 173 cm³/mol. The minimum absolute atomic E-state index is 0.201. The molecule has 8 aromatic rings. The van der Waals surface area contributed by atoms with E-state index in [-0.39, 0.29) is 5.56 Å². The lowest BCUT2D eigenvalue weighted by Gasteiger charge is -2.19. The second kappa shape index (κ2) is 9.44. The summed E-state index contributed by atoms with van der Waals surface area (Å²) >= 11 is 0. The fourth-order valence-electron chi connectivity index (χ4n) is 6.40. The standard InChI is InChI=1S/C38H24O6/c39-34-33(35(40)37(42)38(43)36(34)41)21-15-17-27-28(18-21)32(22-14-16-24-23-10-6-7-13-29(23)44-30(24)19-22)26-12-5-4-11-25(26)31(27)20-8-2-1-3-9-20/h1-19,39-43H. The first kappa shape index (κ1) is 25.6. The zero-order valence-electron chi connectivity index (χ0n) is 23.1. The van der Waals surface area contributed by atoms with Gasteiger partial charge in [0.25, 0.3) is 0 Å². The summed E-state index contributed by atoms with van der Waals surface area (Å²) in [6.07, 6.45) is 0. The van der Waals surface area contributed by atoms with E-state index in [1.165, 1.54) is 0 Å². The molecule has 0 saturated heterocycles. The summed E-state index contributed by atoms with van der Waals surface area (Å²) in [4.78, 5) is 0. The van der Waals surface area contributed by atoms with Gasteiger partial charge in [0.1, 0.15) is 11.2 Å². The molecule has 6 nitrogen and oxygen atoms in total. The number of phenolic OH excluding ortho intramolecular Hbond substituents is 5. The van der Waals surface area contributed by atoms with Gasteiger partial charge in [-0.1, -0.05) is 91.0 Å². The lowest BCUT2D eigenvalue weighted by atomic mass is 9.84. The molecule has 0 unspecified atom stereocenters.